The number of amides is 1. The van der Waals surface area contributed by atoms with Crippen molar-refractivity contribution in [2.75, 3.05) is 6.54 Å². The third-order valence-electron chi connectivity index (χ3n) is 4.50. The number of hydrogen-bond acceptors (Lipinski definition) is 2. The highest BCUT2D eigenvalue weighted by Gasteiger charge is 2.38. The largest absolute Gasteiger partial charge is 0.326 e. The van der Waals surface area contributed by atoms with Crippen molar-refractivity contribution < 1.29 is 4.79 Å². The molecule has 0 bridgehead atoms. The summed E-state index contributed by atoms with van der Waals surface area (Å²) in [6.07, 6.45) is 10.2. The molecule has 0 aromatic rings. The van der Waals surface area contributed by atoms with Gasteiger partial charge in [0.1, 0.15) is 0 Å². The maximum Gasteiger partial charge on any atom is 0.241 e. The van der Waals surface area contributed by atoms with E-state index in [-0.39, 0.29) is 6.04 Å². The first-order valence-corrected chi connectivity index (χ1v) is 7.82. The number of hydrogen-bond donors (Lipinski definition) is 1. The lowest BCUT2D eigenvalue weighted by Gasteiger charge is -2.30. The predicted octanol–water partition coefficient (Wildman–Crippen LogP) is 2.90. The van der Waals surface area contributed by atoms with Crippen LogP contribution in [0.5, 0.6) is 0 Å². The van der Waals surface area contributed by atoms with E-state index in [1.54, 1.807) is 0 Å². The molecule has 104 valence electrons. The second-order valence-electron chi connectivity index (χ2n) is 5.93. The molecule has 2 atom stereocenters. The molecule has 1 heterocycles. The molecule has 2 unspecified atom stereocenters. The van der Waals surface area contributed by atoms with Crippen molar-refractivity contribution in [3.63, 3.8) is 0 Å². The van der Waals surface area contributed by atoms with Crippen LogP contribution in [0.15, 0.2) is 0 Å². The summed E-state index contributed by atoms with van der Waals surface area (Å²) in [5.74, 6) is 1.10. The van der Waals surface area contributed by atoms with Gasteiger partial charge in [0, 0.05) is 6.54 Å². The van der Waals surface area contributed by atoms with Gasteiger partial charge < -0.3 is 4.90 Å². The summed E-state index contributed by atoms with van der Waals surface area (Å²) in [7, 11) is 0. The number of carbonyl (C=O) groups is 1. The highest BCUT2D eigenvalue weighted by atomic mass is 16.2. The Kier molecular flexibility index (Phi) is 5.04. The molecule has 1 aliphatic heterocycles. The fourth-order valence-corrected chi connectivity index (χ4v) is 3.42. The van der Waals surface area contributed by atoms with Gasteiger partial charge in [0.2, 0.25) is 5.91 Å². The van der Waals surface area contributed by atoms with E-state index in [1.165, 1.54) is 32.1 Å². The Morgan fingerprint density at radius 2 is 1.94 bits per heavy atom. The van der Waals surface area contributed by atoms with Gasteiger partial charge >= 0.3 is 0 Å². The summed E-state index contributed by atoms with van der Waals surface area (Å²) in [5.41, 5.74) is 0. The molecule has 3 heteroatoms. The SMILES string of the molecule is CCCC1NC(CC)C(=O)N1CC1CCCCC1. The Labute approximate surface area is 111 Å². The van der Waals surface area contributed by atoms with Crippen LogP contribution in [0.1, 0.15) is 65.2 Å². The zero-order valence-electron chi connectivity index (χ0n) is 12.0. The molecular weight excluding hydrogens is 224 g/mol. The van der Waals surface area contributed by atoms with Crippen LogP contribution in [0.4, 0.5) is 0 Å². The van der Waals surface area contributed by atoms with Crippen LogP contribution >= 0.6 is 0 Å². The molecule has 0 radical (unpaired) electrons. The number of rotatable bonds is 5. The zero-order valence-corrected chi connectivity index (χ0v) is 12.0. The fraction of sp³-hybridized carbons (Fsp3) is 0.933. The van der Waals surface area contributed by atoms with Crippen LogP contribution in [-0.4, -0.2) is 29.6 Å². The maximum absolute atomic E-state index is 12.4. The van der Waals surface area contributed by atoms with E-state index >= 15 is 0 Å². The molecule has 0 spiro atoms. The first-order chi connectivity index (χ1) is 8.76. The van der Waals surface area contributed by atoms with Crippen molar-refractivity contribution in [3.05, 3.63) is 0 Å². The molecule has 1 N–H and O–H groups in total. The summed E-state index contributed by atoms with van der Waals surface area (Å²) in [6.45, 7) is 5.29. The lowest BCUT2D eigenvalue weighted by atomic mass is 9.89. The molecule has 2 rings (SSSR count). The van der Waals surface area contributed by atoms with Crippen LogP contribution in [-0.2, 0) is 4.79 Å². The number of nitrogens with zero attached hydrogens (tertiary/aromatic N) is 1. The molecule has 0 aromatic heterocycles. The fourth-order valence-electron chi connectivity index (χ4n) is 3.42. The third-order valence-corrected chi connectivity index (χ3v) is 4.50. The quantitative estimate of drug-likeness (QED) is 0.816. The van der Waals surface area contributed by atoms with Crippen molar-refractivity contribution in [2.24, 2.45) is 5.92 Å². The molecule has 1 amide bonds. The highest BCUT2D eigenvalue weighted by Crippen LogP contribution is 2.27. The molecule has 18 heavy (non-hydrogen) atoms. The van der Waals surface area contributed by atoms with E-state index in [0.29, 0.717) is 12.1 Å². The van der Waals surface area contributed by atoms with Gasteiger partial charge in [-0.3, -0.25) is 10.1 Å². The standard InChI is InChI=1S/C15H28N2O/c1-3-8-14-16-13(4-2)15(18)17(14)11-12-9-6-5-7-10-12/h12-14,16H,3-11H2,1-2H3. The van der Waals surface area contributed by atoms with Crippen molar-refractivity contribution >= 4 is 5.91 Å². The molecular formula is C15H28N2O. The Morgan fingerprint density at radius 1 is 1.22 bits per heavy atom. The topological polar surface area (TPSA) is 32.3 Å². The van der Waals surface area contributed by atoms with Crippen molar-refractivity contribution in [1.29, 1.82) is 0 Å². The van der Waals surface area contributed by atoms with E-state index in [4.69, 9.17) is 0 Å². The average molecular weight is 252 g/mol. The number of nitrogens with one attached hydrogen (secondary N) is 1. The minimum Gasteiger partial charge on any atom is -0.326 e. The lowest BCUT2D eigenvalue weighted by Crippen LogP contribution is -2.40. The number of carbonyl (C=O) groups excluding carboxylic acids is 1. The minimum absolute atomic E-state index is 0.0742. The lowest BCUT2D eigenvalue weighted by molar-refractivity contribution is -0.130. The summed E-state index contributed by atoms with van der Waals surface area (Å²) in [5, 5.41) is 3.51. The van der Waals surface area contributed by atoms with Gasteiger partial charge in [-0.15, -0.1) is 0 Å². The van der Waals surface area contributed by atoms with Crippen molar-refractivity contribution in [2.45, 2.75) is 77.4 Å². The first-order valence-electron chi connectivity index (χ1n) is 7.82. The molecule has 1 aliphatic carbocycles. The Bertz CT molecular complexity index is 274. The molecule has 3 nitrogen and oxygen atoms in total. The van der Waals surface area contributed by atoms with E-state index in [1.807, 2.05) is 0 Å². The maximum atomic E-state index is 12.4. The van der Waals surface area contributed by atoms with Gasteiger partial charge in [-0.2, -0.15) is 0 Å². The third kappa shape index (κ3) is 3.05. The van der Waals surface area contributed by atoms with Crippen molar-refractivity contribution in [3.8, 4) is 0 Å². The second kappa shape index (κ2) is 6.55. The Hall–Kier alpha value is -0.570. The Morgan fingerprint density at radius 3 is 2.56 bits per heavy atom. The molecule has 2 fully saturated rings. The van der Waals surface area contributed by atoms with Crippen molar-refractivity contribution in [1.82, 2.24) is 10.2 Å². The summed E-state index contributed by atoms with van der Waals surface area (Å²) < 4.78 is 0. The van der Waals surface area contributed by atoms with Crippen LogP contribution in [0, 0.1) is 5.92 Å². The zero-order chi connectivity index (χ0) is 13.0. The van der Waals surface area contributed by atoms with Crippen LogP contribution in [0.2, 0.25) is 0 Å². The van der Waals surface area contributed by atoms with Gasteiger partial charge in [0.05, 0.1) is 12.2 Å². The van der Waals surface area contributed by atoms with Crippen LogP contribution < -0.4 is 5.32 Å². The van der Waals surface area contributed by atoms with Gasteiger partial charge in [-0.1, -0.05) is 39.5 Å². The van der Waals surface area contributed by atoms with Gasteiger partial charge in [-0.05, 0) is 31.6 Å². The Balaban J connectivity index is 1.95. The average Bonchev–Trinajstić information content (AvgIpc) is 2.69. The van der Waals surface area contributed by atoms with Gasteiger partial charge in [-0.25, -0.2) is 0 Å². The second-order valence-corrected chi connectivity index (χ2v) is 5.93. The smallest absolute Gasteiger partial charge is 0.241 e. The normalized spacial score (nSPS) is 30.1. The molecule has 2 aliphatic rings. The van der Waals surface area contributed by atoms with Gasteiger partial charge in [0.25, 0.3) is 0 Å². The summed E-state index contributed by atoms with van der Waals surface area (Å²) in [4.78, 5) is 14.5. The van der Waals surface area contributed by atoms with E-state index in [0.717, 1.165) is 31.7 Å². The van der Waals surface area contributed by atoms with Crippen LogP contribution in [0.25, 0.3) is 0 Å². The van der Waals surface area contributed by atoms with Crippen LogP contribution in [0.3, 0.4) is 0 Å². The van der Waals surface area contributed by atoms with E-state index in [9.17, 15) is 4.79 Å². The van der Waals surface area contributed by atoms with Gasteiger partial charge in [0.15, 0.2) is 0 Å². The van der Waals surface area contributed by atoms with E-state index < -0.39 is 0 Å². The molecule has 1 saturated carbocycles. The monoisotopic (exact) mass is 252 g/mol. The summed E-state index contributed by atoms with van der Waals surface area (Å²) in [6, 6.07) is 0.0742. The highest BCUT2D eigenvalue weighted by molar-refractivity contribution is 5.84. The summed E-state index contributed by atoms with van der Waals surface area (Å²) >= 11 is 0. The predicted molar refractivity (Wildman–Crippen MR) is 74.2 cm³/mol. The molecule has 1 saturated heterocycles. The first kappa shape index (κ1) is 13.9. The molecule has 0 aromatic carbocycles. The minimum atomic E-state index is 0.0742. The van der Waals surface area contributed by atoms with E-state index in [2.05, 4.69) is 24.1 Å².